The van der Waals surface area contributed by atoms with Gasteiger partial charge in [0.25, 0.3) is 0 Å². The highest BCUT2D eigenvalue weighted by atomic mass is 32.2. The summed E-state index contributed by atoms with van der Waals surface area (Å²) in [5.74, 6) is 1.15. The molecule has 0 atom stereocenters. The fourth-order valence-corrected chi connectivity index (χ4v) is 3.79. The minimum Gasteiger partial charge on any atom is -0.483 e. The molecule has 0 bridgehead atoms. The van der Waals surface area contributed by atoms with Gasteiger partial charge in [0.05, 0.1) is 0 Å². The summed E-state index contributed by atoms with van der Waals surface area (Å²) in [5, 5.41) is 0. The maximum absolute atomic E-state index is 12.6. The van der Waals surface area contributed by atoms with Crippen LogP contribution in [0.15, 0.2) is 48.5 Å². The Morgan fingerprint density at radius 2 is 1.93 bits per heavy atom. The second kappa shape index (κ2) is 8.23. The lowest BCUT2D eigenvalue weighted by Gasteiger charge is -2.24. The molecule has 0 aromatic heterocycles. The van der Waals surface area contributed by atoms with Crippen LogP contribution in [0, 0.1) is 0 Å². The Bertz CT molecular complexity index is 795. The van der Waals surface area contributed by atoms with Crippen molar-refractivity contribution in [1.29, 1.82) is 0 Å². The number of nitrogens with zero attached hydrogens (tertiary/aromatic N) is 2. The highest BCUT2D eigenvalue weighted by Crippen LogP contribution is 2.42. The summed E-state index contributed by atoms with van der Waals surface area (Å²) < 4.78 is 15.2. The summed E-state index contributed by atoms with van der Waals surface area (Å²) in [5.41, 5.74) is 1.99. The quantitative estimate of drug-likeness (QED) is 0.660. The number of carbonyl (C=O) groups excluding carboxylic acids is 1. The van der Waals surface area contributed by atoms with Crippen molar-refractivity contribution in [2.24, 2.45) is 0 Å². The van der Waals surface area contributed by atoms with E-state index in [-0.39, 0.29) is 5.60 Å². The van der Waals surface area contributed by atoms with Gasteiger partial charge in [0.1, 0.15) is 5.60 Å². The number of para-hydroxylation sites is 1. The third kappa shape index (κ3) is 4.96. The van der Waals surface area contributed by atoms with Crippen molar-refractivity contribution in [3.8, 4) is 11.5 Å². The van der Waals surface area contributed by atoms with Crippen LogP contribution in [0.2, 0.25) is 0 Å². The Balaban J connectivity index is 1.62. The van der Waals surface area contributed by atoms with E-state index in [4.69, 9.17) is 9.47 Å². The summed E-state index contributed by atoms with van der Waals surface area (Å²) in [6.45, 7) is 7.68. The molecule has 2 aromatic rings. The molecule has 0 spiro atoms. The zero-order valence-corrected chi connectivity index (χ0v) is 17.1. The summed E-state index contributed by atoms with van der Waals surface area (Å²) in [6.07, 6.45) is 0.382. The molecule has 144 valence electrons. The number of hydrogen-bond acceptors (Lipinski definition) is 5. The van der Waals surface area contributed by atoms with E-state index in [2.05, 4.69) is 23.4 Å². The standard InChI is InChI=1S/C21H26N2O3S/c1-5-23(15-16-10-7-6-8-11-16)27-22(4)20(24)25-18-13-9-12-17-14-21(2,3)26-19(17)18/h6-13H,5,14-15H2,1-4H3. The lowest BCUT2D eigenvalue weighted by molar-refractivity contribution is 0.131. The fourth-order valence-electron chi connectivity index (χ4n) is 3.02. The topological polar surface area (TPSA) is 42.0 Å². The number of hydrogen-bond donors (Lipinski definition) is 0. The normalized spacial score (nSPS) is 14.6. The minimum absolute atomic E-state index is 0.278. The van der Waals surface area contributed by atoms with Crippen molar-refractivity contribution in [3.05, 3.63) is 59.7 Å². The molecular weight excluding hydrogens is 360 g/mol. The maximum Gasteiger partial charge on any atom is 0.426 e. The van der Waals surface area contributed by atoms with Gasteiger partial charge in [0, 0.05) is 44.3 Å². The first-order valence-corrected chi connectivity index (χ1v) is 9.84. The van der Waals surface area contributed by atoms with E-state index in [0.29, 0.717) is 11.5 Å². The van der Waals surface area contributed by atoms with Crippen LogP contribution in [0.3, 0.4) is 0 Å². The zero-order valence-electron chi connectivity index (χ0n) is 16.3. The summed E-state index contributed by atoms with van der Waals surface area (Å²) >= 11 is 1.35. The average Bonchev–Trinajstić information content (AvgIpc) is 2.96. The second-order valence-electron chi connectivity index (χ2n) is 7.17. The third-order valence-corrected chi connectivity index (χ3v) is 5.31. The molecule has 0 radical (unpaired) electrons. The molecule has 0 saturated heterocycles. The van der Waals surface area contributed by atoms with Gasteiger partial charge >= 0.3 is 6.09 Å². The van der Waals surface area contributed by atoms with Crippen molar-refractivity contribution < 1.29 is 14.3 Å². The van der Waals surface area contributed by atoms with Gasteiger partial charge in [-0.25, -0.2) is 13.4 Å². The van der Waals surface area contributed by atoms with Crippen molar-refractivity contribution in [3.63, 3.8) is 0 Å². The Kier molecular flexibility index (Phi) is 5.97. The third-order valence-electron chi connectivity index (χ3n) is 4.30. The van der Waals surface area contributed by atoms with Crippen LogP contribution in [0.25, 0.3) is 0 Å². The molecule has 1 aliphatic heterocycles. The first kappa shape index (κ1) is 19.6. The maximum atomic E-state index is 12.6. The van der Waals surface area contributed by atoms with Crippen LogP contribution in [0.5, 0.6) is 11.5 Å². The van der Waals surface area contributed by atoms with Crippen LogP contribution in [-0.4, -0.2) is 33.9 Å². The van der Waals surface area contributed by atoms with E-state index in [1.165, 1.54) is 22.0 Å². The van der Waals surface area contributed by atoms with E-state index < -0.39 is 6.09 Å². The minimum atomic E-state index is -0.423. The van der Waals surface area contributed by atoms with Crippen LogP contribution in [0.1, 0.15) is 31.9 Å². The first-order valence-electron chi connectivity index (χ1n) is 9.11. The lowest BCUT2D eigenvalue weighted by Crippen LogP contribution is -2.29. The molecule has 27 heavy (non-hydrogen) atoms. The molecule has 6 heteroatoms. The molecule has 0 fully saturated rings. The Hall–Kier alpha value is -2.18. The largest absolute Gasteiger partial charge is 0.483 e. The predicted octanol–water partition coefficient (Wildman–Crippen LogP) is 4.92. The van der Waals surface area contributed by atoms with E-state index in [1.807, 2.05) is 44.2 Å². The SMILES string of the molecule is CCN(Cc1ccccc1)SN(C)C(=O)Oc1cccc2c1OC(C)(C)C2. The molecule has 0 saturated carbocycles. The Morgan fingerprint density at radius 3 is 2.63 bits per heavy atom. The van der Waals surface area contributed by atoms with Gasteiger partial charge in [-0.2, -0.15) is 0 Å². The first-order chi connectivity index (χ1) is 12.9. The fraction of sp³-hybridized carbons (Fsp3) is 0.381. The van der Waals surface area contributed by atoms with E-state index in [9.17, 15) is 4.79 Å². The molecule has 0 unspecified atom stereocenters. The molecule has 3 rings (SSSR count). The summed E-state index contributed by atoms with van der Waals surface area (Å²) in [7, 11) is 1.72. The van der Waals surface area contributed by atoms with E-state index in [0.717, 1.165) is 25.1 Å². The number of benzene rings is 2. The second-order valence-corrected chi connectivity index (χ2v) is 8.40. The van der Waals surface area contributed by atoms with Crippen LogP contribution >= 0.6 is 12.1 Å². The number of amides is 1. The summed E-state index contributed by atoms with van der Waals surface area (Å²) in [4.78, 5) is 12.6. The van der Waals surface area contributed by atoms with Crippen LogP contribution < -0.4 is 9.47 Å². The summed E-state index contributed by atoms with van der Waals surface area (Å²) in [6, 6.07) is 15.9. The van der Waals surface area contributed by atoms with Crippen molar-refractivity contribution in [1.82, 2.24) is 8.61 Å². The van der Waals surface area contributed by atoms with Crippen molar-refractivity contribution in [2.45, 2.75) is 39.3 Å². The van der Waals surface area contributed by atoms with Crippen molar-refractivity contribution >= 4 is 18.2 Å². The molecule has 1 amide bonds. The smallest absolute Gasteiger partial charge is 0.426 e. The lowest BCUT2D eigenvalue weighted by atomic mass is 10.0. The van der Waals surface area contributed by atoms with Crippen LogP contribution in [0.4, 0.5) is 4.79 Å². The van der Waals surface area contributed by atoms with Gasteiger partial charge in [-0.1, -0.05) is 49.4 Å². The van der Waals surface area contributed by atoms with Gasteiger partial charge in [-0.15, -0.1) is 0 Å². The average molecular weight is 387 g/mol. The monoisotopic (exact) mass is 386 g/mol. The highest BCUT2D eigenvalue weighted by Gasteiger charge is 2.33. The van der Waals surface area contributed by atoms with Crippen LogP contribution in [-0.2, 0) is 13.0 Å². The molecule has 0 N–H and O–H groups in total. The Morgan fingerprint density at radius 1 is 1.19 bits per heavy atom. The molecule has 5 nitrogen and oxygen atoms in total. The van der Waals surface area contributed by atoms with Gasteiger partial charge in [0.15, 0.2) is 11.5 Å². The number of carbonyl (C=O) groups is 1. The number of ether oxygens (including phenoxy) is 2. The molecule has 0 aliphatic carbocycles. The number of fused-ring (bicyclic) bond motifs is 1. The zero-order chi connectivity index (χ0) is 19.4. The highest BCUT2D eigenvalue weighted by molar-refractivity contribution is 7.95. The van der Waals surface area contributed by atoms with Crippen molar-refractivity contribution in [2.75, 3.05) is 13.6 Å². The molecule has 2 aromatic carbocycles. The van der Waals surface area contributed by atoms with E-state index in [1.54, 1.807) is 13.1 Å². The molecular formula is C21H26N2O3S. The Labute approximate surface area is 165 Å². The van der Waals surface area contributed by atoms with E-state index >= 15 is 0 Å². The predicted molar refractivity (Wildman–Crippen MR) is 109 cm³/mol. The molecule has 1 aliphatic rings. The molecule has 1 heterocycles. The number of rotatable bonds is 6. The van der Waals surface area contributed by atoms with Gasteiger partial charge in [0.2, 0.25) is 0 Å². The van der Waals surface area contributed by atoms with Gasteiger partial charge < -0.3 is 9.47 Å². The van der Waals surface area contributed by atoms with Gasteiger partial charge in [-0.3, -0.25) is 0 Å². The van der Waals surface area contributed by atoms with Gasteiger partial charge in [-0.05, 0) is 25.5 Å².